The van der Waals surface area contributed by atoms with Gasteiger partial charge in [-0.1, -0.05) is 25.8 Å². The van der Waals surface area contributed by atoms with Gasteiger partial charge < -0.3 is 10.1 Å². The van der Waals surface area contributed by atoms with E-state index >= 15 is 0 Å². The molecule has 0 amide bonds. The molecule has 0 bridgehead atoms. The standard InChI is InChI=1S/C17H24FNO/c1-3-19-17(16-12-6-4-5-7-13(12)16)11-8-9-15(20-2)14(18)10-11/h8-10,12-13,16-17,19H,3-7H2,1-2H3. The first kappa shape index (κ1) is 13.9. The molecule has 0 heterocycles. The molecule has 3 rings (SSSR count). The Balaban J connectivity index is 1.82. The SMILES string of the molecule is CCNC(c1ccc(OC)c(F)c1)C1C2CCCCC21. The zero-order valence-corrected chi connectivity index (χ0v) is 12.4. The molecule has 2 aliphatic carbocycles. The molecule has 1 aromatic carbocycles. The van der Waals surface area contributed by atoms with Gasteiger partial charge in [-0.15, -0.1) is 0 Å². The van der Waals surface area contributed by atoms with E-state index in [2.05, 4.69) is 12.2 Å². The number of fused-ring (bicyclic) bond motifs is 1. The highest BCUT2D eigenvalue weighted by atomic mass is 19.1. The highest BCUT2D eigenvalue weighted by Crippen LogP contribution is 2.60. The van der Waals surface area contributed by atoms with E-state index in [4.69, 9.17) is 4.74 Å². The Morgan fingerprint density at radius 1 is 1.30 bits per heavy atom. The minimum atomic E-state index is -0.253. The van der Waals surface area contributed by atoms with E-state index in [1.807, 2.05) is 6.07 Å². The molecule has 1 aromatic rings. The predicted octanol–water partition coefficient (Wildman–Crippen LogP) is 3.92. The number of hydrogen-bond acceptors (Lipinski definition) is 2. The van der Waals surface area contributed by atoms with Crippen molar-refractivity contribution in [1.82, 2.24) is 5.32 Å². The van der Waals surface area contributed by atoms with Crippen molar-refractivity contribution in [1.29, 1.82) is 0 Å². The van der Waals surface area contributed by atoms with Crippen LogP contribution in [-0.4, -0.2) is 13.7 Å². The van der Waals surface area contributed by atoms with Gasteiger partial charge >= 0.3 is 0 Å². The number of benzene rings is 1. The fourth-order valence-electron chi connectivity index (χ4n) is 4.11. The molecular formula is C17H24FNO. The molecule has 0 radical (unpaired) electrons. The third-order valence-electron chi connectivity index (χ3n) is 5.07. The normalized spacial score (nSPS) is 29.6. The lowest BCUT2D eigenvalue weighted by atomic mass is 9.99. The van der Waals surface area contributed by atoms with Crippen molar-refractivity contribution >= 4 is 0 Å². The summed E-state index contributed by atoms with van der Waals surface area (Å²) >= 11 is 0. The molecule has 20 heavy (non-hydrogen) atoms. The van der Waals surface area contributed by atoms with Crippen LogP contribution in [0.4, 0.5) is 4.39 Å². The van der Waals surface area contributed by atoms with Crippen LogP contribution in [0, 0.1) is 23.6 Å². The van der Waals surface area contributed by atoms with Crippen molar-refractivity contribution < 1.29 is 9.13 Å². The number of methoxy groups -OCH3 is 1. The molecule has 0 aromatic heterocycles. The summed E-state index contributed by atoms with van der Waals surface area (Å²) in [5, 5.41) is 3.57. The highest BCUT2D eigenvalue weighted by Gasteiger charge is 2.54. The molecule has 3 atom stereocenters. The molecule has 2 aliphatic rings. The fraction of sp³-hybridized carbons (Fsp3) is 0.647. The van der Waals surface area contributed by atoms with Gasteiger partial charge in [-0.2, -0.15) is 0 Å². The molecule has 0 aliphatic heterocycles. The Hall–Kier alpha value is -1.09. The Kier molecular flexibility index (Phi) is 3.97. The lowest BCUT2D eigenvalue weighted by Crippen LogP contribution is -2.24. The van der Waals surface area contributed by atoms with Crippen molar-refractivity contribution in [2.45, 2.75) is 38.6 Å². The summed E-state index contributed by atoms with van der Waals surface area (Å²) in [6.45, 7) is 3.05. The number of halogens is 1. The summed E-state index contributed by atoms with van der Waals surface area (Å²) in [6, 6.07) is 5.71. The molecule has 110 valence electrons. The van der Waals surface area contributed by atoms with Gasteiger partial charge in [-0.3, -0.25) is 0 Å². The Morgan fingerprint density at radius 3 is 2.55 bits per heavy atom. The second kappa shape index (κ2) is 5.72. The van der Waals surface area contributed by atoms with Crippen LogP contribution in [0.15, 0.2) is 18.2 Å². The number of ether oxygens (including phenoxy) is 1. The summed E-state index contributed by atoms with van der Waals surface area (Å²) in [6.07, 6.45) is 5.45. The van der Waals surface area contributed by atoms with E-state index in [9.17, 15) is 4.39 Å². The zero-order chi connectivity index (χ0) is 14.1. The van der Waals surface area contributed by atoms with Gasteiger partial charge in [0, 0.05) is 6.04 Å². The van der Waals surface area contributed by atoms with Crippen LogP contribution in [0.3, 0.4) is 0 Å². The van der Waals surface area contributed by atoms with E-state index in [-0.39, 0.29) is 5.82 Å². The maximum absolute atomic E-state index is 14.0. The van der Waals surface area contributed by atoms with E-state index < -0.39 is 0 Å². The number of rotatable bonds is 5. The van der Waals surface area contributed by atoms with Crippen LogP contribution in [-0.2, 0) is 0 Å². The molecule has 3 heteroatoms. The van der Waals surface area contributed by atoms with Gasteiger partial charge in [0.05, 0.1) is 7.11 Å². The maximum atomic E-state index is 14.0. The predicted molar refractivity (Wildman–Crippen MR) is 78.3 cm³/mol. The first-order valence-electron chi connectivity index (χ1n) is 7.83. The molecule has 2 fully saturated rings. The van der Waals surface area contributed by atoms with Crippen LogP contribution in [0.1, 0.15) is 44.2 Å². The van der Waals surface area contributed by atoms with Crippen molar-refractivity contribution in [2.24, 2.45) is 17.8 Å². The highest BCUT2D eigenvalue weighted by molar-refractivity contribution is 5.32. The van der Waals surface area contributed by atoms with Gasteiger partial charge in [0.15, 0.2) is 11.6 Å². The Labute approximate surface area is 120 Å². The van der Waals surface area contributed by atoms with Gasteiger partial charge in [-0.05, 0) is 54.8 Å². The quantitative estimate of drug-likeness (QED) is 0.880. The molecule has 0 saturated heterocycles. The fourth-order valence-corrected chi connectivity index (χ4v) is 4.11. The summed E-state index contributed by atoms with van der Waals surface area (Å²) < 4.78 is 19.0. The molecule has 3 unspecified atom stereocenters. The van der Waals surface area contributed by atoms with Crippen LogP contribution >= 0.6 is 0 Å². The third-order valence-corrected chi connectivity index (χ3v) is 5.07. The maximum Gasteiger partial charge on any atom is 0.165 e. The Bertz CT molecular complexity index is 464. The van der Waals surface area contributed by atoms with E-state index in [1.165, 1.54) is 32.8 Å². The van der Waals surface area contributed by atoms with Crippen molar-refractivity contribution in [2.75, 3.05) is 13.7 Å². The third kappa shape index (κ3) is 2.44. The molecule has 2 saturated carbocycles. The van der Waals surface area contributed by atoms with E-state index in [0.29, 0.717) is 17.7 Å². The van der Waals surface area contributed by atoms with Gasteiger partial charge in [-0.25, -0.2) is 4.39 Å². The lowest BCUT2D eigenvalue weighted by molar-refractivity contribution is 0.384. The first-order chi connectivity index (χ1) is 9.76. The van der Waals surface area contributed by atoms with Gasteiger partial charge in [0.1, 0.15) is 0 Å². The van der Waals surface area contributed by atoms with Crippen LogP contribution in [0.25, 0.3) is 0 Å². The summed E-state index contributed by atoms with van der Waals surface area (Å²) in [4.78, 5) is 0. The Morgan fingerprint density at radius 2 is 2.00 bits per heavy atom. The largest absolute Gasteiger partial charge is 0.494 e. The van der Waals surface area contributed by atoms with Crippen molar-refractivity contribution in [3.8, 4) is 5.75 Å². The monoisotopic (exact) mass is 277 g/mol. The summed E-state index contributed by atoms with van der Waals surface area (Å²) in [7, 11) is 1.51. The average Bonchev–Trinajstić information content (AvgIpc) is 3.19. The second-order valence-electron chi connectivity index (χ2n) is 6.12. The van der Waals surface area contributed by atoms with E-state index in [0.717, 1.165) is 23.9 Å². The summed E-state index contributed by atoms with van der Waals surface area (Å²) in [5.41, 5.74) is 1.07. The lowest BCUT2D eigenvalue weighted by Gasteiger charge is -2.19. The van der Waals surface area contributed by atoms with Crippen LogP contribution < -0.4 is 10.1 Å². The molecular weight excluding hydrogens is 253 g/mol. The average molecular weight is 277 g/mol. The van der Waals surface area contributed by atoms with E-state index in [1.54, 1.807) is 12.1 Å². The molecule has 0 spiro atoms. The number of hydrogen-bond donors (Lipinski definition) is 1. The van der Waals surface area contributed by atoms with Gasteiger partial charge in [0.25, 0.3) is 0 Å². The summed E-state index contributed by atoms with van der Waals surface area (Å²) in [5.74, 6) is 2.50. The molecule has 2 nitrogen and oxygen atoms in total. The topological polar surface area (TPSA) is 21.3 Å². The first-order valence-corrected chi connectivity index (χ1v) is 7.83. The second-order valence-corrected chi connectivity index (χ2v) is 6.12. The van der Waals surface area contributed by atoms with Gasteiger partial charge in [0.2, 0.25) is 0 Å². The van der Waals surface area contributed by atoms with Crippen molar-refractivity contribution in [3.05, 3.63) is 29.6 Å². The zero-order valence-electron chi connectivity index (χ0n) is 12.4. The van der Waals surface area contributed by atoms with Crippen LogP contribution in [0.2, 0.25) is 0 Å². The molecule has 1 N–H and O–H groups in total. The van der Waals surface area contributed by atoms with Crippen molar-refractivity contribution in [3.63, 3.8) is 0 Å². The van der Waals surface area contributed by atoms with Crippen LogP contribution in [0.5, 0.6) is 5.75 Å². The smallest absolute Gasteiger partial charge is 0.165 e. The minimum Gasteiger partial charge on any atom is -0.494 e. The minimum absolute atomic E-state index is 0.253. The number of nitrogens with one attached hydrogen (secondary N) is 1.